The molecular weight excluding hydrogens is 304 g/mol. The minimum Gasteiger partial charge on any atom is -0.452 e. The lowest BCUT2D eigenvalue weighted by molar-refractivity contribution is 0.0990. The fourth-order valence-corrected chi connectivity index (χ4v) is 3.09. The van der Waals surface area contributed by atoms with Gasteiger partial charge in [0.2, 0.25) is 0 Å². The number of furan rings is 1. The molecule has 0 amide bonds. The van der Waals surface area contributed by atoms with Crippen molar-refractivity contribution >= 4 is 27.7 Å². The van der Waals surface area contributed by atoms with Gasteiger partial charge < -0.3 is 8.83 Å². The molecular formula is C20H14O4. The average molecular weight is 318 g/mol. The van der Waals surface area contributed by atoms with E-state index in [0.29, 0.717) is 22.1 Å². The van der Waals surface area contributed by atoms with E-state index in [1.54, 1.807) is 0 Å². The summed E-state index contributed by atoms with van der Waals surface area (Å²) in [7, 11) is 0. The van der Waals surface area contributed by atoms with Crippen LogP contribution in [0.5, 0.6) is 0 Å². The summed E-state index contributed by atoms with van der Waals surface area (Å²) < 4.78 is 11.3. The van der Waals surface area contributed by atoms with Crippen LogP contribution in [0.25, 0.3) is 33.1 Å². The first-order valence-corrected chi connectivity index (χ1v) is 7.62. The van der Waals surface area contributed by atoms with E-state index in [-0.39, 0.29) is 11.5 Å². The standard InChI is InChI=1S/C20H14O4/c1-11-10-16(22)24-20-14(11)8-9-15-18(20)17(19(23-15)12(2)21)13-6-4-3-5-7-13/h3-10H,1-2H3. The number of aryl methyl sites for hydroxylation is 1. The Hall–Kier alpha value is -3.14. The van der Waals surface area contributed by atoms with Crippen molar-refractivity contribution < 1.29 is 13.6 Å². The SMILES string of the molecule is CC(=O)c1oc2ccc3c(C)cc(=O)oc3c2c1-c1ccccc1. The second-order valence-electron chi connectivity index (χ2n) is 5.79. The number of hydrogen-bond donors (Lipinski definition) is 0. The zero-order valence-electron chi connectivity index (χ0n) is 13.3. The first-order valence-electron chi connectivity index (χ1n) is 7.62. The number of carbonyl (C=O) groups excluding carboxylic acids is 1. The number of fused-ring (bicyclic) bond motifs is 3. The average Bonchev–Trinajstić information content (AvgIpc) is 2.95. The van der Waals surface area contributed by atoms with E-state index < -0.39 is 5.63 Å². The highest BCUT2D eigenvalue weighted by Crippen LogP contribution is 2.39. The first kappa shape index (κ1) is 14.5. The molecule has 0 fully saturated rings. The van der Waals surface area contributed by atoms with Crippen molar-refractivity contribution in [1.82, 2.24) is 0 Å². The van der Waals surface area contributed by atoms with E-state index in [2.05, 4.69) is 0 Å². The molecule has 2 aromatic heterocycles. The molecule has 0 unspecified atom stereocenters. The molecule has 4 aromatic rings. The van der Waals surface area contributed by atoms with Gasteiger partial charge in [-0.15, -0.1) is 0 Å². The smallest absolute Gasteiger partial charge is 0.336 e. The third kappa shape index (κ3) is 2.07. The Balaban J connectivity index is 2.27. The fraction of sp³-hybridized carbons (Fsp3) is 0.100. The number of hydrogen-bond acceptors (Lipinski definition) is 4. The van der Waals surface area contributed by atoms with E-state index in [1.807, 2.05) is 49.4 Å². The van der Waals surface area contributed by atoms with Crippen LogP contribution in [0, 0.1) is 6.92 Å². The maximum atomic E-state index is 12.1. The maximum absolute atomic E-state index is 12.1. The normalized spacial score (nSPS) is 11.2. The molecule has 0 N–H and O–H groups in total. The van der Waals surface area contributed by atoms with Crippen LogP contribution >= 0.6 is 0 Å². The van der Waals surface area contributed by atoms with Gasteiger partial charge in [-0.25, -0.2) is 4.79 Å². The predicted octanol–water partition coefficient (Wildman–Crippen LogP) is 4.72. The summed E-state index contributed by atoms with van der Waals surface area (Å²) in [4.78, 5) is 24.0. The molecule has 4 rings (SSSR count). The lowest BCUT2D eigenvalue weighted by Gasteiger charge is -2.04. The molecule has 0 radical (unpaired) electrons. The summed E-state index contributed by atoms with van der Waals surface area (Å²) in [5.41, 5.74) is 2.90. The van der Waals surface area contributed by atoms with Crippen molar-refractivity contribution in [3.05, 3.63) is 70.3 Å². The Morgan fingerprint density at radius 2 is 1.75 bits per heavy atom. The Bertz CT molecular complexity index is 1150. The molecule has 0 aliphatic rings. The molecule has 2 heterocycles. The van der Waals surface area contributed by atoms with Gasteiger partial charge in [-0.05, 0) is 30.2 Å². The van der Waals surface area contributed by atoms with Crippen molar-refractivity contribution in [2.75, 3.05) is 0 Å². The van der Waals surface area contributed by atoms with Gasteiger partial charge in [0.1, 0.15) is 11.2 Å². The Morgan fingerprint density at radius 3 is 2.46 bits per heavy atom. The molecule has 0 saturated carbocycles. The third-order valence-electron chi connectivity index (χ3n) is 4.15. The molecule has 0 atom stereocenters. The lowest BCUT2D eigenvalue weighted by atomic mass is 9.98. The van der Waals surface area contributed by atoms with E-state index in [4.69, 9.17) is 8.83 Å². The maximum Gasteiger partial charge on any atom is 0.336 e. The van der Waals surface area contributed by atoms with Crippen LogP contribution in [0.2, 0.25) is 0 Å². The number of Topliss-reactive ketones (excluding diaryl/α,β-unsaturated/α-hetero) is 1. The number of benzene rings is 2. The van der Waals surface area contributed by atoms with Gasteiger partial charge in [-0.3, -0.25) is 4.79 Å². The fourth-order valence-electron chi connectivity index (χ4n) is 3.09. The highest BCUT2D eigenvalue weighted by Gasteiger charge is 2.22. The molecule has 0 aliphatic carbocycles. The molecule has 0 aliphatic heterocycles. The first-order chi connectivity index (χ1) is 11.6. The van der Waals surface area contributed by atoms with Crippen molar-refractivity contribution in [3.63, 3.8) is 0 Å². The van der Waals surface area contributed by atoms with Gasteiger partial charge >= 0.3 is 5.63 Å². The molecule has 0 bridgehead atoms. The van der Waals surface area contributed by atoms with Gasteiger partial charge in [-0.1, -0.05) is 30.3 Å². The highest BCUT2D eigenvalue weighted by atomic mass is 16.4. The summed E-state index contributed by atoms with van der Waals surface area (Å²) in [5, 5.41) is 1.49. The quantitative estimate of drug-likeness (QED) is 0.396. The zero-order valence-corrected chi connectivity index (χ0v) is 13.3. The molecule has 4 heteroatoms. The third-order valence-corrected chi connectivity index (χ3v) is 4.15. The van der Waals surface area contributed by atoms with Crippen molar-refractivity contribution in [1.29, 1.82) is 0 Å². The van der Waals surface area contributed by atoms with Gasteiger partial charge in [0, 0.05) is 23.9 Å². The molecule has 2 aromatic carbocycles. The van der Waals surface area contributed by atoms with Crippen LogP contribution < -0.4 is 5.63 Å². The number of rotatable bonds is 2. The second-order valence-corrected chi connectivity index (χ2v) is 5.79. The summed E-state index contributed by atoms with van der Waals surface area (Å²) in [6, 6.07) is 14.6. The van der Waals surface area contributed by atoms with E-state index >= 15 is 0 Å². The topological polar surface area (TPSA) is 60.4 Å². The van der Waals surface area contributed by atoms with E-state index in [9.17, 15) is 9.59 Å². The van der Waals surface area contributed by atoms with Gasteiger partial charge in [0.15, 0.2) is 11.5 Å². The largest absolute Gasteiger partial charge is 0.452 e. The van der Waals surface area contributed by atoms with Crippen LogP contribution in [-0.2, 0) is 0 Å². The summed E-state index contributed by atoms with van der Waals surface area (Å²) in [6.07, 6.45) is 0. The Labute approximate surface area is 137 Å². The zero-order chi connectivity index (χ0) is 16.8. The summed E-state index contributed by atoms with van der Waals surface area (Å²) >= 11 is 0. The monoisotopic (exact) mass is 318 g/mol. The molecule has 0 spiro atoms. The highest BCUT2D eigenvalue weighted by molar-refractivity contribution is 6.16. The molecule has 118 valence electrons. The number of ketones is 1. The van der Waals surface area contributed by atoms with E-state index in [1.165, 1.54) is 13.0 Å². The van der Waals surface area contributed by atoms with Gasteiger partial charge in [0.05, 0.1) is 5.39 Å². The Morgan fingerprint density at radius 1 is 1.00 bits per heavy atom. The predicted molar refractivity (Wildman–Crippen MR) is 92.4 cm³/mol. The lowest BCUT2D eigenvalue weighted by Crippen LogP contribution is -1.98. The van der Waals surface area contributed by atoms with Crippen molar-refractivity contribution in [2.45, 2.75) is 13.8 Å². The van der Waals surface area contributed by atoms with Crippen LogP contribution in [-0.4, -0.2) is 5.78 Å². The molecule has 24 heavy (non-hydrogen) atoms. The van der Waals surface area contributed by atoms with Gasteiger partial charge in [-0.2, -0.15) is 0 Å². The minimum absolute atomic E-state index is 0.173. The molecule has 0 saturated heterocycles. The van der Waals surface area contributed by atoms with Crippen LogP contribution in [0.4, 0.5) is 0 Å². The second kappa shape index (κ2) is 5.20. The van der Waals surface area contributed by atoms with E-state index in [0.717, 1.165) is 16.5 Å². The summed E-state index contributed by atoms with van der Waals surface area (Å²) in [5.74, 6) is 0.0982. The van der Waals surface area contributed by atoms with Crippen LogP contribution in [0.3, 0.4) is 0 Å². The van der Waals surface area contributed by atoms with Gasteiger partial charge in [0.25, 0.3) is 0 Å². The minimum atomic E-state index is -0.419. The summed E-state index contributed by atoms with van der Waals surface area (Å²) in [6.45, 7) is 3.33. The van der Waals surface area contributed by atoms with Crippen LogP contribution in [0.15, 0.2) is 62.2 Å². The van der Waals surface area contributed by atoms with Crippen molar-refractivity contribution in [2.24, 2.45) is 0 Å². The van der Waals surface area contributed by atoms with Crippen molar-refractivity contribution in [3.8, 4) is 11.1 Å². The molecule has 4 nitrogen and oxygen atoms in total. The number of carbonyl (C=O) groups is 1. The van der Waals surface area contributed by atoms with Crippen LogP contribution in [0.1, 0.15) is 23.0 Å². The Kier molecular flexibility index (Phi) is 3.13.